The smallest absolute Gasteiger partial charge is 0.338 e. The molecule has 0 amide bonds. The highest BCUT2D eigenvalue weighted by molar-refractivity contribution is 5.89. The Bertz CT molecular complexity index is 827. The van der Waals surface area contributed by atoms with Crippen molar-refractivity contribution in [2.75, 3.05) is 13.2 Å². The van der Waals surface area contributed by atoms with Crippen LogP contribution in [0.4, 0.5) is 0 Å². The maximum absolute atomic E-state index is 11.8. The van der Waals surface area contributed by atoms with Crippen molar-refractivity contribution in [1.29, 1.82) is 0 Å². The van der Waals surface area contributed by atoms with Crippen LogP contribution in [-0.2, 0) is 4.74 Å². The number of unbranched alkanes of at least 4 members (excludes halogenated alkanes) is 3. The van der Waals surface area contributed by atoms with Crippen molar-refractivity contribution in [3.63, 3.8) is 0 Å². The van der Waals surface area contributed by atoms with E-state index in [0.717, 1.165) is 31.4 Å². The molecule has 3 nitrogen and oxygen atoms in total. The van der Waals surface area contributed by atoms with Gasteiger partial charge in [-0.15, -0.1) is 0 Å². The molecule has 0 radical (unpaired) electrons. The first-order valence-corrected chi connectivity index (χ1v) is 9.17. The second kappa shape index (κ2) is 9.62. The second-order valence-electron chi connectivity index (χ2n) is 6.27. The van der Waals surface area contributed by atoms with E-state index in [1.54, 1.807) is 12.1 Å². The average molecular weight is 348 g/mol. The summed E-state index contributed by atoms with van der Waals surface area (Å²) < 4.78 is 11.1. The predicted octanol–water partition coefficient (Wildman–Crippen LogP) is 5.64. The summed E-state index contributed by atoms with van der Waals surface area (Å²) in [5, 5.41) is 2.43. The lowest BCUT2D eigenvalue weighted by atomic mass is 10.1. The number of esters is 1. The van der Waals surface area contributed by atoms with Crippen LogP contribution in [0, 0.1) is 0 Å². The van der Waals surface area contributed by atoms with Crippen molar-refractivity contribution in [2.45, 2.75) is 25.7 Å². The summed E-state index contributed by atoms with van der Waals surface area (Å²) in [4.78, 5) is 11.8. The minimum Gasteiger partial charge on any atom is -0.494 e. The summed E-state index contributed by atoms with van der Waals surface area (Å²) in [6, 6.07) is 23.6. The number of carbonyl (C=O) groups excluding carboxylic acids is 1. The Morgan fingerprint density at radius 1 is 0.692 bits per heavy atom. The molecule has 3 heteroatoms. The topological polar surface area (TPSA) is 35.5 Å². The molecule has 3 aromatic carbocycles. The van der Waals surface area contributed by atoms with Gasteiger partial charge in [-0.25, -0.2) is 4.79 Å². The molecule has 0 N–H and O–H groups in total. The van der Waals surface area contributed by atoms with E-state index >= 15 is 0 Å². The maximum atomic E-state index is 11.8. The Morgan fingerprint density at radius 3 is 2.19 bits per heavy atom. The van der Waals surface area contributed by atoms with Gasteiger partial charge in [0.25, 0.3) is 0 Å². The molecule has 0 heterocycles. The van der Waals surface area contributed by atoms with Crippen LogP contribution >= 0.6 is 0 Å². The van der Waals surface area contributed by atoms with E-state index in [0.29, 0.717) is 18.8 Å². The van der Waals surface area contributed by atoms with Gasteiger partial charge in [0, 0.05) is 0 Å². The zero-order chi connectivity index (χ0) is 18.0. The summed E-state index contributed by atoms with van der Waals surface area (Å²) >= 11 is 0. The molecule has 134 valence electrons. The van der Waals surface area contributed by atoms with Crippen LogP contribution in [-0.4, -0.2) is 19.2 Å². The molecular weight excluding hydrogens is 324 g/mol. The lowest BCUT2D eigenvalue weighted by Gasteiger charge is -2.08. The Morgan fingerprint density at radius 2 is 1.38 bits per heavy atom. The van der Waals surface area contributed by atoms with Crippen molar-refractivity contribution in [3.05, 3.63) is 78.4 Å². The van der Waals surface area contributed by atoms with Crippen molar-refractivity contribution >= 4 is 16.7 Å². The fraction of sp³-hybridized carbons (Fsp3) is 0.261. The Hall–Kier alpha value is -2.81. The molecule has 0 aromatic heterocycles. The minimum absolute atomic E-state index is 0.245. The second-order valence-corrected chi connectivity index (χ2v) is 6.27. The molecule has 0 saturated carbocycles. The fourth-order valence-corrected chi connectivity index (χ4v) is 2.83. The molecular formula is C23H24O3. The Labute approximate surface area is 154 Å². The molecule has 0 spiro atoms. The summed E-state index contributed by atoms with van der Waals surface area (Å²) in [5.74, 6) is 0.672. The van der Waals surface area contributed by atoms with Gasteiger partial charge in [0.1, 0.15) is 5.75 Å². The fourth-order valence-electron chi connectivity index (χ4n) is 2.83. The number of fused-ring (bicyclic) bond motifs is 1. The first-order chi connectivity index (χ1) is 12.8. The zero-order valence-electron chi connectivity index (χ0n) is 14.9. The summed E-state index contributed by atoms with van der Waals surface area (Å²) in [7, 11) is 0. The Balaban J connectivity index is 1.27. The first kappa shape index (κ1) is 18.0. The van der Waals surface area contributed by atoms with Crippen molar-refractivity contribution in [1.82, 2.24) is 0 Å². The van der Waals surface area contributed by atoms with Crippen LogP contribution in [0.15, 0.2) is 72.8 Å². The highest BCUT2D eigenvalue weighted by Gasteiger charge is 2.05. The van der Waals surface area contributed by atoms with Crippen molar-refractivity contribution in [3.8, 4) is 5.75 Å². The van der Waals surface area contributed by atoms with E-state index < -0.39 is 0 Å². The first-order valence-electron chi connectivity index (χ1n) is 9.17. The van der Waals surface area contributed by atoms with Crippen LogP contribution in [0.3, 0.4) is 0 Å². The number of benzene rings is 3. The molecule has 0 aliphatic carbocycles. The predicted molar refractivity (Wildman–Crippen MR) is 105 cm³/mol. The summed E-state index contributed by atoms with van der Waals surface area (Å²) in [5.41, 5.74) is 0.608. The molecule has 26 heavy (non-hydrogen) atoms. The van der Waals surface area contributed by atoms with Gasteiger partial charge in [-0.1, -0.05) is 48.5 Å². The normalized spacial score (nSPS) is 10.6. The van der Waals surface area contributed by atoms with E-state index in [1.165, 1.54) is 10.8 Å². The van der Waals surface area contributed by atoms with Gasteiger partial charge in [0.15, 0.2) is 0 Å². The van der Waals surface area contributed by atoms with Gasteiger partial charge in [0.05, 0.1) is 18.8 Å². The molecule has 3 rings (SSSR count). The molecule has 0 aliphatic heterocycles. The number of hydrogen-bond donors (Lipinski definition) is 0. The largest absolute Gasteiger partial charge is 0.494 e. The van der Waals surface area contributed by atoms with Crippen LogP contribution in [0.1, 0.15) is 36.0 Å². The maximum Gasteiger partial charge on any atom is 0.338 e. The standard InChI is InChI=1S/C23H24O3/c24-23(20-11-4-3-5-12-20)26-17-9-2-1-8-16-25-22-15-14-19-10-6-7-13-21(19)18-22/h3-7,10-15,18H,1-2,8-9,16-17H2. The van der Waals surface area contributed by atoms with Crippen molar-refractivity contribution in [2.24, 2.45) is 0 Å². The minimum atomic E-state index is -0.245. The van der Waals surface area contributed by atoms with E-state index in [4.69, 9.17) is 9.47 Å². The van der Waals surface area contributed by atoms with Crippen LogP contribution in [0.25, 0.3) is 10.8 Å². The van der Waals surface area contributed by atoms with Gasteiger partial charge in [-0.2, -0.15) is 0 Å². The monoisotopic (exact) mass is 348 g/mol. The number of carbonyl (C=O) groups is 1. The summed E-state index contributed by atoms with van der Waals surface area (Å²) in [6.07, 6.45) is 3.98. The van der Waals surface area contributed by atoms with Crippen LogP contribution in [0.5, 0.6) is 5.75 Å². The number of hydrogen-bond acceptors (Lipinski definition) is 3. The average Bonchev–Trinajstić information content (AvgIpc) is 2.70. The molecule has 0 aliphatic rings. The zero-order valence-corrected chi connectivity index (χ0v) is 14.9. The number of rotatable bonds is 9. The molecule has 0 atom stereocenters. The van der Waals surface area contributed by atoms with Crippen LogP contribution in [0.2, 0.25) is 0 Å². The van der Waals surface area contributed by atoms with E-state index in [-0.39, 0.29) is 5.97 Å². The molecule has 0 bridgehead atoms. The van der Waals surface area contributed by atoms with Crippen molar-refractivity contribution < 1.29 is 14.3 Å². The van der Waals surface area contributed by atoms with Gasteiger partial charge in [0.2, 0.25) is 0 Å². The van der Waals surface area contributed by atoms with Crippen LogP contribution < -0.4 is 4.74 Å². The third-order valence-corrected chi connectivity index (χ3v) is 4.27. The van der Waals surface area contributed by atoms with Gasteiger partial charge >= 0.3 is 5.97 Å². The lowest BCUT2D eigenvalue weighted by molar-refractivity contribution is 0.0497. The lowest BCUT2D eigenvalue weighted by Crippen LogP contribution is -2.06. The molecule has 3 aromatic rings. The molecule has 0 unspecified atom stereocenters. The highest BCUT2D eigenvalue weighted by Crippen LogP contribution is 2.20. The highest BCUT2D eigenvalue weighted by atomic mass is 16.5. The van der Waals surface area contributed by atoms with Gasteiger partial charge in [-0.05, 0) is 60.7 Å². The van der Waals surface area contributed by atoms with E-state index in [2.05, 4.69) is 24.3 Å². The summed E-state index contributed by atoms with van der Waals surface area (Å²) in [6.45, 7) is 1.18. The molecule has 0 saturated heterocycles. The van der Waals surface area contributed by atoms with E-state index in [1.807, 2.05) is 36.4 Å². The quantitative estimate of drug-likeness (QED) is 0.371. The van der Waals surface area contributed by atoms with Gasteiger partial charge in [-0.3, -0.25) is 0 Å². The number of ether oxygens (including phenoxy) is 2. The Kier molecular flexibility index (Phi) is 6.66. The molecule has 0 fully saturated rings. The van der Waals surface area contributed by atoms with E-state index in [9.17, 15) is 4.79 Å². The third-order valence-electron chi connectivity index (χ3n) is 4.27. The SMILES string of the molecule is O=C(OCCCCCCOc1ccc2ccccc2c1)c1ccccc1. The van der Waals surface area contributed by atoms with Gasteiger partial charge < -0.3 is 9.47 Å². The third kappa shape index (κ3) is 5.35.